The van der Waals surface area contributed by atoms with Gasteiger partial charge in [-0.1, -0.05) is 13.0 Å². The van der Waals surface area contributed by atoms with Crippen LogP contribution in [-0.2, 0) is 5.88 Å². The third-order valence-electron chi connectivity index (χ3n) is 3.23. The summed E-state index contributed by atoms with van der Waals surface area (Å²) in [6.07, 6.45) is 3.12. The second-order valence-corrected chi connectivity index (χ2v) is 5.51. The molecule has 3 nitrogen and oxygen atoms in total. The van der Waals surface area contributed by atoms with Crippen LogP contribution in [0.1, 0.15) is 30.8 Å². The van der Waals surface area contributed by atoms with E-state index in [-0.39, 0.29) is 0 Å². The van der Waals surface area contributed by atoms with Crippen LogP contribution in [0.5, 0.6) is 0 Å². The van der Waals surface area contributed by atoms with Crippen molar-refractivity contribution in [1.29, 1.82) is 5.26 Å². The van der Waals surface area contributed by atoms with Crippen molar-refractivity contribution in [2.24, 2.45) is 0 Å². The highest BCUT2D eigenvalue weighted by Crippen LogP contribution is 2.27. The van der Waals surface area contributed by atoms with Gasteiger partial charge in [-0.2, -0.15) is 17.0 Å². The van der Waals surface area contributed by atoms with E-state index in [4.69, 9.17) is 11.6 Å². The molecule has 0 aliphatic heterocycles. The Bertz CT molecular complexity index is 615. The minimum Gasteiger partial charge on any atom is -0.323 e. The van der Waals surface area contributed by atoms with Gasteiger partial charge in [0, 0.05) is 11.8 Å². The molecular formula is C14H16ClN3S. The van der Waals surface area contributed by atoms with E-state index in [1.807, 2.05) is 23.9 Å². The Kier molecular flexibility index (Phi) is 4.73. The summed E-state index contributed by atoms with van der Waals surface area (Å²) in [5.41, 5.74) is 2.39. The highest BCUT2D eigenvalue weighted by Gasteiger charge is 2.18. The molecule has 0 saturated heterocycles. The quantitative estimate of drug-likeness (QED) is 0.784. The lowest BCUT2D eigenvalue weighted by Gasteiger charge is -2.18. The molecule has 2 rings (SSSR count). The normalized spacial score (nSPS) is 12.5. The Morgan fingerprint density at radius 3 is 2.89 bits per heavy atom. The zero-order valence-electron chi connectivity index (χ0n) is 11.1. The van der Waals surface area contributed by atoms with E-state index in [9.17, 15) is 5.26 Å². The Labute approximate surface area is 122 Å². The number of hydrogen-bond donors (Lipinski definition) is 0. The van der Waals surface area contributed by atoms with Crippen LogP contribution in [0, 0.1) is 11.3 Å². The summed E-state index contributed by atoms with van der Waals surface area (Å²) in [6, 6.07) is 8.28. The molecule has 1 aromatic carbocycles. The Morgan fingerprint density at radius 2 is 2.32 bits per heavy atom. The van der Waals surface area contributed by atoms with Crippen molar-refractivity contribution in [2.75, 3.05) is 12.0 Å². The molecule has 0 spiro atoms. The molecule has 0 radical (unpaired) electrons. The number of alkyl halides is 1. The van der Waals surface area contributed by atoms with E-state index < -0.39 is 0 Å². The summed E-state index contributed by atoms with van der Waals surface area (Å²) < 4.78 is 2.19. The third kappa shape index (κ3) is 2.58. The molecule has 0 N–H and O–H groups in total. The number of fused-ring (bicyclic) bond motifs is 1. The zero-order valence-corrected chi connectivity index (χ0v) is 12.6. The number of nitriles is 1. The van der Waals surface area contributed by atoms with E-state index in [2.05, 4.69) is 28.8 Å². The van der Waals surface area contributed by atoms with E-state index in [0.29, 0.717) is 17.5 Å². The monoisotopic (exact) mass is 293 g/mol. The predicted molar refractivity (Wildman–Crippen MR) is 81.7 cm³/mol. The van der Waals surface area contributed by atoms with Gasteiger partial charge >= 0.3 is 0 Å². The molecule has 19 heavy (non-hydrogen) atoms. The fraction of sp³-hybridized carbons (Fsp3) is 0.429. The number of imidazole rings is 1. The van der Waals surface area contributed by atoms with Crippen molar-refractivity contribution in [3.05, 3.63) is 29.6 Å². The summed E-state index contributed by atoms with van der Waals surface area (Å²) in [6.45, 7) is 2.17. The summed E-state index contributed by atoms with van der Waals surface area (Å²) in [5, 5.41) is 9.17. The second kappa shape index (κ2) is 6.31. The molecule has 0 bridgehead atoms. The van der Waals surface area contributed by atoms with Gasteiger partial charge in [0.1, 0.15) is 17.4 Å². The average molecular weight is 294 g/mol. The van der Waals surface area contributed by atoms with Crippen molar-refractivity contribution in [1.82, 2.24) is 9.55 Å². The summed E-state index contributed by atoms with van der Waals surface area (Å²) in [5.74, 6) is 2.23. The average Bonchev–Trinajstić information content (AvgIpc) is 2.83. The molecule has 1 heterocycles. The highest BCUT2D eigenvalue weighted by atomic mass is 35.5. The molecule has 0 saturated carbocycles. The lowest BCUT2D eigenvalue weighted by molar-refractivity contribution is 0.538. The van der Waals surface area contributed by atoms with Crippen molar-refractivity contribution in [3.8, 4) is 6.07 Å². The Balaban J connectivity index is 2.68. The number of thioether (sulfide) groups is 1. The molecule has 1 unspecified atom stereocenters. The Morgan fingerprint density at radius 1 is 1.53 bits per heavy atom. The van der Waals surface area contributed by atoms with E-state index >= 15 is 0 Å². The lowest BCUT2D eigenvalue weighted by Crippen LogP contribution is -2.13. The van der Waals surface area contributed by atoms with Gasteiger partial charge in [-0.3, -0.25) is 0 Å². The second-order valence-electron chi connectivity index (χ2n) is 4.33. The van der Waals surface area contributed by atoms with Crippen LogP contribution in [0.15, 0.2) is 18.2 Å². The molecule has 0 amide bonds. The fourth-order valence-electron chi connectivity index (χ4n) is 2.32. The number of para-hydroxylation sites is 1. The molecule has 0 aliphatic carbocycles. The largest absolute Gasteiger partial charge is 0.323 e. The van der Waals surface area contributed by atoms with Gasteiger partial charge in [-0.05, 0) is 24.8 Å². The first-order chi connectivity index (χ1) is 9.26. The third-order valence-corrected chi connectivity index (χ3v) is 4.19. The number of rotatable bonds is 5. The molecule has 0 aliphatic rings. The zero-order chi connectivity index (χ0) is 13.8. The van der Waals surface area contributed by atoms with Gasteiger partial charge in [0.25, 0.3) is 0 Å². The lowest BCUT2D eigenvalue weighted by atomic mass is 10.2. The van der Waals surface area contributed by atoms with Gasteiger partial charge < -0.3 is 4.57 Å². The summed E-state index contributed by atoms with van der Waals surface area (Å²) >= 11 is 7.84. The van der Waals surface area contributed by atoms with E-state index in [1.165, 1.54) is 0 Å². The van der Waals surface area contributed by atoms with Gasteiger partial charge in [0.2, 0.25) is 0 Å². The number of nitrogens with zero attached hydrogens (tertiary/aromatic N) is 3. The maximum Gasteiger partial charge on any atom is 0.125 e. The SMILES string of the molecule is CCC(CSC)n1c(CCl)nc2c(C#N)cccc21. The van der Waals surface area contributed by atoms with E-state index in [1.54, 1.807) is 6.07 Å². The highest BCUT2D eigenvalue weighted by molar-refractivity contribution is 7.98. The molecule has 1 aromatic heterocycles. The van der Waals surface area contributed by atoms with Gasteiger partial charge in [0.15, 0.2) is 0 Å². The first-order valence-electron chi connectivity index (χ1n) is 6.21. The first-order valence-corrected chi connectivity index (χ1v) is 8.14. The predicted octanol–water partition coefficient (Wildman–Crippen LogP) is 3.96. The van der Waals surface area contributed by atoms with E-state index in [0.717, 1.165) is 29.0 Å². The van der Waals surface area contributed by atoms with Crippen LogP contribution in [0.4, 0.5) is 0 Å². The maximum absolute atomic E-state index is 9.17. The first kappa shape index (κ1) is 14.2. The topological polar surface area (TPSA) is 41.6 Å². The van der Waals surface area contributed by atoms with Crippen LogP contribution in [0.2, 0.25) is 0 Å². The molecule has 5 heteroatoms. The van der Waals surface area contributed by atoms with Crippen LogP contribution in [0.3, 0.4) is 0 Å². The number of halogens is 1. The number of aromatic nitrogens is 2. The van der Waals surface area contributed by atoms with Crippen molar-refractivity contribution < 1.29 is 0 Å². The van der Waals surface area contributed by atoms with Crippen LogP contribution in [0.25, 0.3) is 11.0 Å². The van der Waals surface area contributed by atoms with Crippen LogP contribution in [-0.4, -0.2) is 21.6 Å². The number of benzene rings is 1. The smallest absolute Gasteiger partial charge is 0.125 e. The summed E-state index contributed by atoms with van der Waals surface area (Å²) in [7, 11) is 0. The molecule has 2 aromatic rings. The minimum absolute atomic E-state index is 0.364. The summed E-state index contributed by atoms with van der Waals surface area (Å²) in [4.78, 5) is 4.55. The van der Waals surface area contributed by atoms with Gasteiger partial charge in [-0.15, -0.1) is 11.6 Å². The van der Waals surface area contributed by atoms with Crippen molar-refractivity contribution in [3.63, 3.8) is 0 Å². The molecule has 1 atom stereocenters. The van der Waals surface area contributed by atoms with Crippen LogP contribution >= 0.6 is 23.4 Å². The maximum atomic E-state index is 9.17. The van der Waals surface area contributed by atoms with Crippen molar-refractivity contribution in [2.45, 2.75) is 25.3 Å². The van der Waals surface area contributed by atoms with Crippen molar-refractivity contribution >= 4 is 34.4 Å². The molecular weight excluding hydrogens is 278 g/mol. The minimum atomic E-state index is 0.364. The molecule has 100 valence electrons. The standard InChI is InChI=1S/C14H16ClN3S/c1-3-11(9-19-2)18-12-6-4-5-10(8-16)14(12)17-13(18)7-15/h4-6,11H,3,7,9H2,1-2H3. The fourth-order valence-corrected chi connectivity index (χ4v) is 3.28. The van der Waals surface area contributed by atoms with Gasteiger partial charge in [0.05, 0.1) is 17.0 Å². The molecule has 0 fully saturated rings. The Hall–Kier alpha value is -1.18. The number of hydrogen-bond acceptors (Lipinski definition) is 3. The van der Waals surface area contributed by atoms with Crippen LogP contribution < -0.4 is 0 Å². The van der Waals surface area contributed by atoms with Gasteiger partial charge in [-0.25, -0.2) is 4.98 Å².